The smallest absolute Gasteiger partial charge is 0.352 e. The predicted molar refractivity (Wildman–Crippen MR) is 113 cm³/mol. The molecule has 1 amide bonds. The highest BCUT2D eigenvalue weighted by Crippen LogP contribution is 2.27. The van der Waals surface area contributed by atoms with Gasteiger partial charge in [0.15, 0.2) is 0 Å². The highest BCUT2D eigenvalue weighted by molar-refractivity contribution is 7.99. The van der Waals surface area contributed by atoms with Gasteiger partial charge >= 0.3 is 5.69 Å². The molecule has 0 bridgehead atoms. The molecule has 0 unspecified atom stereocenters. The van der Waals surface area contributed by atoms with Gasteiger partial charge in [0.25, 0.3) is 5.78 Å². The van der Waals surface area contributed by atoms with Crippen LogP contribution in [0.5, 0.6) is 5.75 Å². The van der Waals surface area contributed by atoms with Gasteiger partial charge in [-0.1, -0.05) is 11.6 Å². The maximum Gasteiger partial charge on any atom is 0.352 e. The summed E-state index contributed by atoms with van der Waals surface area (Å²) in [4.78, 5) is 31.5. The third-order valence-electron chi connectivity index (χ3n) is 4.50. The largest absolute Gasteiger partial charge is 0.495 e. The van der Waals surface area contributed by atoms with E-state index in [0.717, 1.165) is 35.1 Å². The molecule has 1 aliphatic heterocycles. The van der Waals surface area contributed by atoms with Crippen LogP contribution in [0.3, 0.4) is 0 Å². The van der Waals surface area contributed by atoms with Crippen LogP contribution in [-0.2, 0) is 11.3 Å². The van der Waals surface area contributed by atoms with Crippen molar-refractivity contribution in [2.45, 2.75) is 6.54 Å². The highest BCUT2D eigenvalue weighted by Gasteiger charge is 2.16. The first kappa shape index (κ1) is 19.6. The van der Waals surface area contributed by atoms with Gasteiger partial charge < -0.3 is 15.0 Å². The third-order valence-corrected chi connectivity index (χ3v) is 5.74. The number of rotatable bonds is 5. The van der Waals surface area contributed by atoms with Crippen LogP contribution in [0.4, 0.5) is 11.5 Å². The van der Waals surface area contributed by atoms with Crippen LogP contribution < -0.4 is 20.6 Å². The Bertz CT molecular complexity index is 1110. The standard InChI is InChI=1S/C18H19ClN6O3S/c1-28-14-3-2-12(10-13(14)19)20-16(26)11-25-18(27)24-5-4-15(21-17(24)22-25)23-6-8-29-9-7-23/h2-5,10H,6-9,11H2,1H3,(H,20,26). The topological polar surface area (TPSA) is 93.8 Å². The van der Waals surface area contributed by atoms with Crippen molar-refractivity contribution in [1.29, 1.82) is 0 Å². The van der Waals surface area contributed by atoms with Crippen LogP contribution in [0.2, 0.25) is 5.02 Å². The Kier molecular flexibility index (Phi) is 5.63. The second-order valence-corrected chi connectivity index (χ2v) is 8.02. The summed E-state index contributed by atoms with van der Waals surface area (Å²) in [6, 6.07) is 6.70. The number of nitrogens with one attached hydrogen (secondary N) is 1. The number of carbonyl (C=O) groups excluding carboxylic acids is 1. The van der Waals surface area contributed by atoms with Crippen LogP contribution in [0.25, 0.3) is 5.78 Å². The molecule has 1 saturated heterocycles. The molecule has 0 aliphatic carbocycles. The Morgan fingerprint density at radius 3 is 2.83 bits per heavy atom. The number of ether oxygens (including phenoxy) is 1. The molecule has 3 aromatic rings. The monoisotopic (exact) mass is 434 g/mol. The predicted octanol–water partition coefficient (Wildman–Crippen LogP) is 1.74. The number of hydrogen-bond donors (Lipinski definition) is 1. The van der Waals surface area contributed by atoms with Gasteiger partial charge in [0.2, 0.25) is 5.91 Å². The average molecular weight is 435 g/mol. The summed E-state index contributed by atoms with van der Waals surface area (Å²) >= 11 is 7.98. The summed E-state index contributed by atoms with van der Waals surface area (Å²) in [6.07, 6.45) is 1.65. The molecule has 11 heteroatoms. The number of nitrogens with zero attached hydrogens (tertiary/aromatic N) is 5. The van der Waals surface area contributed by atoms with Crippen molar-refractivity contribution in [1.82, 2.24) is 19.2 Å². The van der Waals surface area contributed by atoms with Crippen molar-refractivity contribution >= 4 is 46.6 Å². The van der Waals surface area contributed by atoms with E-state index in [0.29, 0.717) is 16.5 Å². The molecule has 9 nitrogen and oxygen atoms in total. The lowest BCUT2D eigenvalue weighted by atomic mass is 10.3. The molecule has 0 saturated carbocycles. The highest BCUT2D eigenvalue weighted by atomic mass is 35.5. The molecule has 29 heavy (non-hydrogen) atoms. The molecule has 0 radical (unpaired) electrons. The average Bonchev–Trinajstić information content (AvgIpc) is 3.03. The van der Waals surface area contributed by atoms with Crippen LogP contribution in [0.15, 0.2) is 35.3 Å². The number of aromatic nitrogens is 4. The van der Waals surface area contributed by atoms with Crippen molar-refractivity contribution in [3.05, 3.63) is 46.0 Å². The molecule has 0 atom stereocenters. The minimum atomic E-state index is -0.420. The van der Waals surface area contributed by atoms with Gasteiger partial charge in [0.1, 0.15) is 18.1 Å². The first-order chi connectivity index (χ1) is 14.0. The van der Waals surface area contributed by atoms with E-state index in [1.807, 2.05) is 11.8 Å². The van der Waals surface area contributed by atoms with E-state index in [4.69, 9.17) is 16.3 Å². The molecule has 152 valence electrons. The fraction of sp³-hybridized carbons (Fsp3) is 0.333. The van der Waals surface area contributed by atoms with E-state index in [2.05, 4.69) is 20.3 Å². The first-order valence-corrected chi connectivity index (χ1v) is 10.5. The van der Waals surface area contributed by atoms with Gasteiger partial charge in [-0.15, -0.1) is 5.10 Å². The Balaban J connectivity index is 1.51. The molecule has 0 spiro atoms. The van der Waals surface area contributed by atoms with Gasteiger partial charge in [-0.3, -0.25) is 4.79 Å². The number of benzene rings is 1. The van der Waals surface area contributed by atoms with Gasteiger partial charge in [-0.25, -0.2) is 13.9 Å². The van der Waals surface area contributed by atoms with E-state index in [-0.39, 0.29) is 12.3 Å². The van der Waals surface area contributed by atoms with Crippen molar-refractivity contribution in [2.75, 3.05) is 41.9 Å². The number of carbonyl (C=O) groups is 1. The second-order valence-electron chi connectivity index (χ2n) is 6.39. The molecule has 1 N–H and O–H groups in total. The number of methoxy groups -OCH3 is 1. The number of hydrogen-bond acceptors (Lipinski definition) is 7. The Hall–Kier alpha value is -2.72. The Labute approximate surface area is 175 Å². The van der Waals surface area contributed by atoms with E-state index < -0.39 is 11.6 Å². The Morgan fingerprint density at radius 2 is 2.10 bits per heavy atom. The van der Waals surface area contributed by atoms with E-state index in [1.54, 1.807) is 30.5 Å². The maximum absolute atomic E-state index is 12.5. The number of anilines is 2. The molecule has 1 aromatic carbocycles. The molecule has 2 aromatic heterocycles. The van der Waals surface area contributed by atoms with Gasteiger partial charge in [-0.05, 0) is 24.3 Å². The maximum atomic E-state index is 12.5. The minimum absolute atomic E-state index is 0.235. The SMILES string of the molecule is COc1ccc(NC(=O)Cn2nc3nc(N4CCSCC4)ccn3c2=O)cc1Cl. The van der Waals surface area contributed by atoms with E-state index >= 15 is 0 Å². The Morgan fingerprint density at radius 1 is 1.31 bits per heavy atom. The molecular formula is C18H19ClN6O3S. The summed E-state index contributed by atoms with van der Waals surface area (Å²) in [7, 11) is 1.51. The number of thioether (sulfide) groups is 1. The van der Waals surface area contributed by atoms with E-state index in [9.17, 15) is 9.59 Å². The fourth-order valence-electron chi connectivity index (χ4n) is 3.05. The van der Waals surface area contributed by atoms with Crippen LogP contribution in [0.1, 0.15) is 0 Å². The molecule has 3 heterocycles. The fourth-order valence-corrected chi connectivity index (χ4v) is 4.21. The summed E-state index contributed by atoms with van der Waals surface area (Å²) in [5.41, 5.74) is 0.0807. The second kappa shape index (κ2) is 8.34. The lowest BCUT2D eigenvalue weighted by molar-refractivity contribution is -0.117. The number of fused-ring (bicyclic) bond motifs is 1. The molecule has 1 aliphatic rings. The quantitative estimate of drug-likeness (QED) is 0.653. The first-order valence-electron chi connectivity index (χ1n) is 8.97. The van der Waals surface area contributed by atoms with Crippen molar-refractivity contribution < 1.29 is 9.53 Å². The minimum Gasteiger partial charge on any atom is -0.495 e. The summed E-state index contributed by atoms with van der Waals surface area (Å²) in [5.74, 6) is 3.26. The normalized spacial score (nSPS) is 14.2. The van der Waals surface area contributed by atoms with Crippen LogP contribution in [-0.4, -0.2) is 56.8 Å². The van der Waals surface area contributed by atoms with Crippen molar-refractivity contribution in [3.63, 3.8) is 0 Å². The molecule has 1 fully saturated rings. The lowest BCUT2D eigenvalue weighted by Crippen LogP contribution is -2.33. The molecular weight excluding hydrogens is 416 g/mol. The summed E-state index contributed by atoms with van der Waals surface area (Å²) < 4.78 is 7.52. The zero-order valence-electron chi connectivity index (χ0n) is 15.7. The van der Waals surface area contributed by atoms with Gasteiger partial charge in [0.05, 0.1) is 12.1 Å². The number of amides is 1. The van der Waals surface area contributed by atoms with Crippen LogP contribution in [0, 0.1) is 0 Å². The van der Waals surface area contributed by atoms with Gasteiger partial charge in [-0.2, -0.15) is 16.7 Å². The van der Waals surface area contributed by atoms with Crippen molar-refractivity contribution in [2.24, 2.45) is 0 Å². The molecule has 4 rings (SSSR count). The summed E-state index contributed by atoms with van der Waals surface area (Å²) in [5, 5.41) is 7.29. The lowest BCUT2D eigenvalue weighted by Gasteiger charge is -2.27. The zero-order valence-corrected chi connectivity index (χ0v) is 17.2. The number of halogens is 1. The zero-order chi connectivity index (χ0) is 20.4. The summed E-state index contributed by atoms with van der Waals surface area (Å²) in [6.45, 7) is 1.58. The van der Waals surface area contributed by atoms with Crippen molar-refractivity contribution in [3.8, 4) is 5.75 Å². The van der Waals surface area contributed by atoms with E-state index in [1.165, 1.54) is 11.5 Å². The van der Waals surface area contributed by atoms with Gasteiger partial charge in [0, 0.05) is 36.5 Å². The third kappa shape index (κ3) is 4.18. The van der Waals surface area contributed by atoms with Crippen LogP contribution >= 0.6 is 23.4 Å².